The molecule has 1 aromatic carbocycles. The van der Waals surface area contributed by atoms with Crippen molar-refractivity contribution >= 4 is 17.0 Å². The molecule has 0 bridgehead atoms. The second kappa shape index (κ2) is 6.66. The number of ether oxygens (including phenoxy) is 1. The third kappa shape index (κ3) is 3.62. The molecule has 1 heterocycles. The van der Waals surface area contributed by atoms with Crippen molar-refractivity contribution in [2.75, 3.05) is 0 Å². The van der Waals surface area contributed by atoms with Crippen molar-refractivity contribution in [3.8, 4) is 0 Å². The Morgan fingerprint density at radius 2 is 2.12 bits per heavy atom. The number of carbonyl (C=O) groups is 1. The van der Waals surface area contributed by atoms with Gasteiger partial charge in [-0.15, -0.1) is 0 Å². The Balaban J connectivity index is 0.00000112. The summed E-state index contributed by atoms with van der Waals surface area (Å²) >= 11 is 0. The molecule has 0 aliphatic rings. The van der Waals surface area contributed by atoms with Gasteiger partial charge in [0.15, 0.2) is 0 Å². The maximum atomic E-state index is 10.6. The first-order chi connectivity index (χ1) is 6.75. The van der Waals surface area contributed by atoms with Gasteiger partial charge in [-0.1, -0.05) is 24.3 Å². The van der Waals surface area contributed by atoms with Gasteiger partial charge in [0.2, 0.25) is 0 Å². The minimum atomic E-state index is -0.321. The molecule has 16 heavy (non-hydrogen) atoms. The number of carbonyl (C=O) groups excluding carboxylic acids is 1. The van der Waals surface area contributed by atoms with E-state index in [2.05, 4.69) is 9.97 Å². The van der Waals surface area contributed by atoms with Gasteiger partial charge in [0.25, 0.3) is 0 Å². The summed E-state index contributed by atoms with van der Waals surface area (Å²) in [7, 11) is 0. The standard InChI is InChI=1S/C10H9N2O2.ClH.Pt/c1-7(13)14-6-10-11-8-4-2-3-5-9(8)12-10;;/h2-5H,6H2,1H3;1H;/q-1;;+2/p-1. The minimum absolute atomic E-state index is 0. The van der Waals surface area contributed by atoms with Gasteiger partial charge in [0.1, 0.15) is 6.61 Å². The number of imidazole rings is 1. The molecule has 0 spiro atoms. The number of fused-ring (bicyclic) bond motifs is 1. The van der Waals surface area contributed by atoms with Crippen LogP contribution in [0.2, 0.25) is 0 Å². The van der Waals surface area contributed by atoms with Crippen LogP contribution in [-0.4, -0.2) is 11.0 Å². The fourth-order valence-corrected chi connectivity index (χ4v) is 1.19. The van der Waals surface area contributed by atoms with E-state index in [0.29, 0.717) is 5.82 Å². The molecule has 1 aromatic heterocycles. The van der Waals surface area contributed by atoms with E-state index in [9.17, 15) is 4.79 Å². The van der Waals surface area contributed by atoms with Gasteiger partial charge in [0, 0.05) is 6.92 Å². The number of hydrogen-bond acceptors (Lipinski definition) is 3. The van der Waals surface area contributed by atoms with E-state index in [1.807, 2.05) is 24.3 Å². The van der Waals surface area contributed by atoms with Crippen molar-refractivity contribution < 1.29 is 43.0 Å². The molecule has 0 aliphatic carbocycles. The first kappa shape index (κ1) is 15.1. The van der Waals surface area contributed by atoms with Gasteiger partial charge in [-0.05, 0) is 16.9 Å². The van der Waals surface area contributed by atoms with Crippen LogP contribution in [0.1, 0.15) is 12.7 Å². The zero-order valence-electron chi connectivity index (χ0n) is 8.42. The van der Waals surface area contributed by atoms with E-state index in [-0.39, 0.29) is 46.0 Å². The molecule has 0 N–H and O–H groups in total. The van der Waals surface area contributed by atoms with E-state index in [0.717, 1.165) is 11.0 Å². The molecule has 0 atom stereocenters. The number of benzene rings is 1. The number of aromatic nitrogens is 2. The molecule has 0 unspecified atom stereocenters. The molecule has 0 aliphatic heterocycles. The molecule has 6 heteroatoms. The summed E-state index contributed by atoms with van der Waals surface area (Å²) in [6.07, 6.45) is 0. The van der Waals surface area contributed by atoms with Gasteiger partial charge < -0.3 is 27.1 Å². The molecule has 2 rings (SSSR count). The first-order valence-electron chi connectivity index (χ1n) is 4.27. The van der Waals surface area contributed by atoms with Crippen molar-refractivity contribution in [3.05, 3.63) is 30.1 Å². The Morgan fingerprint density at radius 3 is 2.75 bits per heavy atom. The molecule has 0 saturated heterocycles. The van der Waals surface area contributed by atoms with Crippen LogP contribution in [0, 0.1) is 0 Å². The number of rotatable bonds is 2. The van der Waals surface area contributed by atoms with Crippen LogP contribution in [0.4, 0.5) is 0 Å². The second-order valence-corrected chi connectivity index (χ2v) is 2.91. The Morgan fingerprint density at radius 1 is 1.44 bits per heavy atom. The summed E-state index contributed by atoms with van der Waals surface area (Å²) in [4.78, 5) is 18.9. The minimum Gasteiger partial charge on any atom is -1.00 e. The Bertz CT molecular complexity index is 440. The largest absolute Gasteiger partial charge is 2.00 e. The van der Waals surface area contributed by atoms with Crippen LogP contribution in [0.3, 0.4) is 0 Å². The van der Waals surface area contributed by atoms with E-state index < -0.39 is 0 Å². The van der Waals surface area contributed by atoms with Crippen LogP contribution >= 0.6 is 0 Å². The van der Waals surface area contributed by atoms with E-state index in [1.54, 1.807) is 0 Å². The van der Waals surface area contributed by atoms with Gasteiger partial charge in [-0.3, -0.25) is 4.79 Å². The summed E-state index contributed by atoms with van der Waals surface area (Å²) in [5, 5.41) is 0. The number of para-hydroxylation sites is 2. The molecular formula is C10H9ClN2O2Pt. The third-order valence-electron chi connectivity index (χ3n) is 1.79. The van der Waals surface area contributed by atoms with Crippen LogP contribution in [0.15, 0.2) is 24.3 Å². The molecule has 4 nitrogen and oxygen atoms in total. The molecule has 88 valence electrons. The smallest absolute Gasteiger partial charge is 1.00 e. The maximum Gasteiger partial charge on any atom is 2.00 e. The molecule has 0 saturated carbocycles. The summed E-state index contributed by atoms with van der Waals surface area (Å²) in [5.41, 5.74) is 1.66. The van der Waals surface area contributed by atoms with Gasteiger partial charge >= 0.3 is 27.0 Å². The third-order valence-corrected chi connectivity index (χ3v) is 1.79. The Labute approximate surface area is 113 Å². The molecule has 0 fully saturated rings. The Kier molecular flexibility index (Phi) is 6.30. The topological polar surface area (TPSA) is 53.3 Å². The van der Waals surface area contributed by atoms with E-state index in [4.69, 9.17) is 4.74 Å². The first-order valence-corrected chi connectivity index (χ1v) is 4.27. The summed E-state index contributed by atoms with van der Waals surface area (Å²) in [6.45, 7) is 1.51. The van der Waals surface area contributed by atoms with Crippen molar-refractivity contribution in [2.45, 2.75) is 13.5 Å². The fraction of sp³-hybridized carbons (Fsp3) is 0.200. The monoisotopic (exact) mass is 419 g/mol. The maximum absolute atomic E-state index is 10.6. The molecular weight excluding hydrogens is 411 g/mol. The number of halogens is 1. The molecule has 2 aromatic rings. The summed E-state index contributed by atoms with van der Waals surface area (Å²) in [5.74, 6) is 0.222. The number of esters is 1. The fourth-order valence-electron chi connectivity index (χ4n) is 1.19. The van der Waals surface area contributed by atoms with E-state index in [1.165, 1.54) is 6.92 Å². The average Bonchev–Trinajstić information content (AvgIpc) is 2.57. The van der Waals surface area contributed by atoms with Crippen molar-refractivity contribution in [2.24, 2.45) is 0 Å². The number of hydrogen-bond donors (Lipinski definition) is 0. The summed E-state index contributed by atoms with van der Waals surface area (Å²) < 4.78 is 4.79. The predicted molar refractivity (Wildman–Crippen MR) is 50.5 cm³/mol. The van der Waals surface area contributed by atoms with E-state index >= 15 is 0 Å². The van der Waals surface area contributed by atoms with Gasteiger partial charge in [-0.2, -0.15) is 0 Å². The van der Waals surface area contributed by atoms with Crippen molar-refractivity contribution in [3.63, 3.8) is 0 Å². The van der Waals surface area contributed by atoms with Crippen molar-refractivity contribution in [1.29, 1.82) is 0 Å². The van der Waals surface area contributed by atoms with Gasteiger partial charge in [0.05, 0.1) is 0 Å². The van der Waals surface area contributed by atoms with Crippen LogP contribution in [0.25, 0.3) is 11.0 Å². The van der Waals surface area contributed by atoms with Crippen molar-refractivity contribution in [1.82, 2.24) is 9.97 Å². The quantitative estimate of drug-likeness (QED) is 0.542. The van der Waals surface area contributed by atoms with Crippen LogP contribution < -0.4 is 17.4 Å². The zero-order valence-corrected chi connectivity index (χ0v) is 11.4. The number of nitrogens with zero attached hydrogens (tertiary/aromatic N) is 2. The predicted octanol–water partition coefficient (Wildman–Crippen LogP) is -1.74. The van der Waals surface area contributed by atoms with Crippen LogP contribution in [-0.2, 0) is 37.2 Å². The van der Waals surface area contributed by atoms with Gasteiger partial charge in [-0.25, -0.2) is 0 Å². The SMILES string of the molecule is CC(=O)OCc1nc2ccccc2[n-]1.[Cl-].[Pt+2]. The normalized spacial score (nSPS) is 9.06. The molecule has 0 radical (unpaired) electrons. The Hall–Kier alpha value is -0.862. The summed E-state index contributed by atoms with van der Waals surface area (Å²) in [6, 6.07) is 7.54. The average molecular weight is 420 g/mol. The zero-order chi connectivity index (χ0) is 9.97. The van der Waals surface area contributed by atoms with Crippen LogP contribution in [0.5, 0.6) is 0 Å². The second-order valence-electron chi connectivity index (χ2n) is 2.91. The molecule has 0 amide bonds.